The molecular weight excluding hydrogens is 371 g/mol. The summed E-state index contributed by atoms with van der Waals surface area (Å²) in [5.74, 6) is 0.00820. The third kappa shape index (κ3) is 8.20. The molecule has 0 aliphatic carbocycles. The van der Waals surface area contributed by atoms with Crippen molar-refractivity contribution in [2.24, 2.45) is 0 Å². The van der Waals surface area contributed by atoms with Crippen molar-refractivity contribution in [2.75, 3.05) is 0 Å². The maximum atomic E-state index is 10.5. The van der Waals surface area contributed by atoms with Crippen LogP contribution in [-0.2, 0) is 11.3 Å². The Morgan fingerprint density at radius 3 is 2.14 bits per heavy atom. The maximum absolute atomic E-state index is 10.5. The Morgan fingerprint density at radius 1 is 1.21 bits per heavy atom. The topological polar surface area (TPSA) is 29.1 Å². The zero-order chi connectivity index (χ0) is 10.1. The van der Waals surface area contributed by atoms with Gasteiger partial charge in [-0.2, -0.15) is 0 Å². The van der Waals surface area contributed by atoms with Crippen LogP contribution in [0.1, 0.15) is 26.3 Å². The first-order valence-corrected chi connectivity index (χ1v) is 4.57. The molecule has 0 aliphatic rings. The number of rotatable bonds is 2. The molecule has 1 amide bonds. The molecular formula is C11H19NOPo. The number of hydrogen-bond acceptors (Lipinski definition) is 1. The molecule has 1 aromatic carbocycles. The van der Waals surface area contributed by atoms with Crippen LogP contribution in [-0.4, -0.2) is 32.5 Å². The Morgan fingerprint density at radius 2 is 1.71 bits per heavy atom. The van der Waals surface area contributed by atoms with Gasteiger partial charge >= 0.3 is 26.6 Å². The number of hydrogen-bond donors (Lipinski definition) is 1. The van der Waals surface area contributed by atoms with Gasteiger partial charge in [0.05, 0.1) is 0 Å². The zero-order valence-corrected chi connectivity index (χ0v) is 12.9. The molecule has 0 aromatic heterocycles. The van der Waals surface area contributed by atoms with E-state index < -0.39 is 0 Å². The summed E-state index contributed by atoms with van der Waals surface area (Å²) in [6.07, 6.45) is 0. The third-order valence-electron chi connectivity index (χ3n) is 1.38. The third-order valence-corrected chi connectivity index (χ3v) is 1.38. The van der Waals surface area contributed by atoms with Crippen molar-refractivity contribution in [3.05, 3.63) is 35.9 Å². The molecule has 14 heavy (non-hydrogen) atoms. The number of carbonyl (C=O) groups is 1. The van der Waals surface area contributed by atoms with E-state index in [1.165, 1.54) is 6.92 Å². The van der Waals surface area contributed by atoms with E-state index in [0.717, 1.165) is 5.56 Å². The van der Waals surface area contributed by atoms with E-state index in [9.17, 15) is 4.79 Å². The molecule has 2 nitrogen and oxygen atoms in total. The van der Waals surface area contributed by atoms with Crippen molar-refractivity contribution in [1.29, 1.82) is 0 Å². The Kier molecular flexibility index (Phi) is 12.2. The van der Waals surface area contributed by atoms with Crippen molar-refractivity contribution >= 4 is 32.5 Å². The fraction of sp³-hybridized carbons (Fsp3) is 0.364. The molecule has 0 spiro atoms. The zero-order valence-electron chi connectivity index (χ0n) is 9.00. The van der Waals surface area contributed by atoms with Gasteiger partial charge in [-0.25, -0.2) is 0 Å². The van der Waals surface area contributed by atoms with E-state index in [-0.39, 0.29) is 32.5 Å². The van der Waals surface area contributed by atoms with Gasteiger partial charge in [0.25, 0.3) is 0 Å². The van der Waals surface area contributed by atoms with Gasteiger partial charge in [0.2, 0.25) is 5.91 Å². The van der Waals surface area contributed by atoms with Gasteiger partial charge < -0.3 is 5.32 Å². The molecule has 1 N–H and O–H groups in total. The Bertz CT molecular complexity index is 236. The molecule has 0 fully saturated rings. The monoisotopic (exact) mass is 390 g/mol. The summed E-state index contributed by atoms with van der Waals surface area (Å²) in [5, 5.41) is 2.72. The SMILES string of the molecule is CC.CC(=O)NCc1ccccc1.[PoH2]. The molecule has 0 aliphatic heterocycles. The molecule has 0 atom stereocenters. The Labute approximate surface area is 106 Å². The number of benzene rings is 1. The van der Waals surface area contributed by atoms with Gasteiger partial charge in [-0.15, -0.1) is 0 Å². The van der Waals surface area contributed by atoms with Crippen LogP contribution in [0.15, 0.2) is 30.3 Å². The summed E-state index contributed by atoms with van der Waals surface area (Å²) in [4.78, 5) is 10.5. The molecule has 1 rings (SSSR count). The van der Waals surface area contributed by atoms with Crippen LogP contribution in [0.3, 0.4) is 0 Å². The molecule has 0 saturated heterocycles. The van der Waals surface area contributed by atoms with E-state index in [4.69, 9.17) is 0 Å². The summed E-state index contributed by atoms with van der Waals surface area (Å²) < 4.78 is 0. The molecule has 1 aromatic rings. The predicted molar refractivity (Wildman–Crippen MR) is 63.9 cm³/mol. The number of carbonyl (C=O) groups excluding carboxylic acids is 1. The van der Waals surface area contributed by atoms with E-state index in [1.807, 2.05) is 44.2 Å². The van der Waals surface area contributed by atoms with Crippen LogP contribution in [0.4, 0.5) is 0 Å². The molecule has 0 bridgehead atoms. The summed E-state index contributed by atoms with van der Waals surface area (Å²) in [7, 11) is 0. The molecule has 0 heterocycles. The van der Waals surface area contributed by atoms with Crippen LogP contribution in [0.25, 0.3) is 0 Å². The standard InChI is InChI=1S/C9H11NO.C2H6.Po.2H/c1-8(11)10-7-9-5-3-2-4-6-9;1-2;;;/h2-6H,7H2,1H3,(H,10,11);1-2H3;;;. The molecule has 3 heteroatoms. The van der Waals surface area contributed by atoms with Crippen molar-refractivity contribution in [3.63, 3.8) is 0 Å². The second kappa shape index (κ2) is 10.7. The van der Waals surface area contributed by atoms with Crippen molar-refractivity contribution in [3.8, 4) is 0 Å². The average Bonchev–Trinajstić information content (AvgIpc) is 2.19. The van der Waals surface area contributed by atoms with E-state index in [2.05, 4.69) is 5.32 Å². The summed E-state index contributed by atoms with van der Waals surface area (Å²) in [6, 6.07) is 9.83. The molecule has 0 radical (unpaired) electrons. The predicted octanol–water partition coefficient (Wildman–Crippen LogP) is 1.43. The van der Waals surface area contributed by atoms with Gasteiger partial charge in [0, 0.05) is 13.5 Å². The van der Waals surface area contributed by atoms with Gasteiger partial charge in [-0.05, 0) is 5.56 Å². The fourth-order valence-corrected chi connectivity index (χ4v) is 0.822. The van der Waals surface area contributed by atoms with Crippen LogP contribution in [0.5, 0.6) is 0 Å². The first kappa shape index (κ1) is 16.0. The van der Waals surface area contributed by atoms with Crippen LogP contribution in [0.2, 0.25) is 0 Å². The first-order valence-electron chi connectivity index (χ1n) is 4.57. The Balaban J connectivity index is 0. The van der Waals surface area contributed by atoms with Crippen molar-refractivity contribution in [2.45, 2.75) is 27.3 Å². The molecule has 0 saturated carbocycles. The van der Waals surface area contributed by atoms with Crippen LogP contribution >= 0.6 is 0 Å². The van der Waals surface area contributed by atoms with E-state index in [0.29, 0.717) is 6.54 Å². The molecule has 0 unspecified atom stereocenters. The van der Waals surface area contributed by atoms with Gasteiger partial charge in [0.1, 0.15) is 0 Å². The minimum absolute atomic E-state index is 0. The minimum atomic E-state index is 0. The van der Waals surface area contributed by atoms with Crippen molar-refractivity contribution < 1.29 is 4.79 Å². The first-order chi connectivity index (χ1) is 6.29. The van der Waals surface area contributed by atoms with Crippen LogP contribution < -0.4 is 5.32 Å². The summed E-state index contributed by atoms with van der Waals surface area (Å²) >= 11 is 0. The second-order valence-electron chi connectivity index (χ2n) is 2.40. The fourth-order valence-electron chi connectivity index (χ4n) is 0.822. The average molecular weight is 390 g/mol. The summed E-state index contributed by atoms with van der Waals surface area (Å²) in [6.45, 7) is 6.14. The molecule has 80 valence electrons. The quantitative estimate of drug-likeness (QED) is 0.814. The van der Waals surface area contributed by atoms with Gasteiger partial charge in [0.15, 0.2) is 0 Å². The number of nitrogens with one attached hydrogen (secondary N) is 1. The normalized spacial score (nSPS) is 7.64. The van der Waals surface area contributed by atoms with E-state index >= 15 is 0 Å². The van der Waals surface area contributed by atoms with E-state index in [1.54, 1.807) is 0 Å². The van der Waals surface area contributed by atoms with Gasteiger partial charge in [-0.1, -0.05) is 44.2 Å². The second-order valence-corrected chi connectivity index (χ2v) is 2.40. The Hall–Kier alpha value is -0.414. The summed E-state index contributed by atoms with van der Waals surface area (Å²) in [5.41, 5.74) is 1.13. The van der Waals surface area contributed by atoms with Crippen molar-refractivity contribution in [1.82, 2.24) is 5.32 Å². The van der Waals surface area contributed by atoms with Gasteiger partial charge in [-0.3, -0.25) is 4.79 Å². The van der Waals surface area contributed by atoms with Crippen LogP contribution in [0, 0.1) is 0 Å². The number of amides is 1.